The maximum atomic E-state index is 3.58. The van der Waals surface area contributed by atoms with Crippen LogP contribution < -0.4 is 0 Å². The smallest absolute Gasteiger partial charge is 0.0486 e. The first-order chi connectivity index (χ1) is 9.68. The van der Waals surface area contributed by atoms with E-state index < -0.39 is 0 Å². The zero-order valence-electron chi connectivity index (χ0n) is 11.0. The Morgan fingerprint density at radius 1 is 1.00 bits per heavy atom. The number of fused-ring (bicyclic) bond motifs is 3. The first-order valence-electron chi connectivity index (χ1n) is 6.59. The summed E-state index contributed by atoms with van der Waals surface area (Å²) >= 11 is 7.33. The summed E-state index contributed by atoms with van der Waals surface area (Å²) in [6.45, 7) is 2.39. The fourth-order valence-electron chi connectivity index (χ4n) is 3.23. The Labute approximate surface area is 135 Å². The molecule has 0 amide bonds. The van der Waals surface area contributed by atoms with E-state index in [0.29, 0.717) is 0 Å². The van der Waals surface area contributed by atoms with Crippen LogP contribution in [-0.2, 0) is 11.8 Å². The lowest BCUT2D eigenvalue weighted by atomic mass is 9.76. The van der Waals surface area contributed by atoms with Crippen LogP contribution in [0.4, 0.5) is 0 Å². The van der Waals surface area contributed by atoms with Crippen LogP contribution in [-0.4, -0.2) is 0 Å². The Morgan fingerprint density at radius 3 is 2.25 bits per heavy atom. The molecule has 0 N–H and O–H groups in total. The van der Waals surface area contributed by atoms with E-state index in [2.05, 4.69) is 70.0 Å². The Kier molecular flexibility index (Phi) is 2.92. The summed E-state index contributed by atoms with van der Waals surface area (Å²) < 4.78 is 1.16. The maximum Gasteiger partial charge on any atom is 0.0486 e. The van der Waals surface area contributed by atoms with Crippen LogP contribution in [0.25, 0.3) is 9.75 Å². The van der Waals surface area contributed by atoms with Crippen molar-refractivity contribution in [3.05, 3.63) is 68.3 Å². The number of halogens is 1. The molecule has 0 atom stereocenters. The van der Waals surface area contributed by atoms with Gasteiger partial charge in [0.1, 0.15) is 0 Å². The van der Waals surface area contributed by atoms with Crippen LogP contribution in [0.5, 0.6) is 0 Å². The predicted octanol–water partition coefficient (Wildman–Crippen LogP) is 6.10. The molecule has 1 aliphatic carbocycles. The number of rotatable bonds is 2. The fraction of sp³-hybridized carbons (Fsp3) is 0.176. The molecule has 0 fully saturated rings. The van der Waals surface area contributed by atoms with Gasteiger partial charge in [-0.05, 0) is 58.1 Å². The van der Waals surface area contributed by atoms with Crippen molar-refractivity contribution in [3.8, 4) is 9.75 Å². The van der Waals surface area contributed by atoms with E-state index in [0.717, 1.165) is 10.9 Å². The molecule has 4 rings (SSSR count). The fourth-order valence-corrected chi connectivity index (χ4v) is 5.92. The number of hydrogen-bond donors (Lipinski definition) is 0. The quantitative estimate of drug-likeness (QED) is 0.517. The molecule has 0 radical (unpaired) electrons. The minimum absolute atomic E-state index is 0.117. The Hall–Kier alpha value is -0.900. The molecular weight excluding hydrogens is 348 g/mol. The largest absolute Gasteiger partial charge is 0.143 e. The minimum Gasteiger partial charge on any atom is -0.143 e. The summed E-state index contributed by atoms with van der Waals surface area (Å²) in [6, 6.07) is 13.3. The van der Waals surface area contributed by atoms with Crippen molar-refractivity contribution >= 4 is 38.6 Å². The Morgan fingerprint density at radius 2 is 1.65 bits per heavy atom. The summed E-state index contributed by atoms with van der Waals surface area (Å²) in [6.07, 6.45) is 1.06. The lowest BCUT2D eigenvalue weighted by Crippen LogP contribution is -2.23. The highest BCUT2D eigenvalue weighted by molar-refractivity contribution is 9.10. The number of hydrogen-bond acceptors (Lipinski definition) is 2. The predicted molar refractivity (Wildman–Crippen MR) is 91.9 cm³/mol. The van der Waals surface area contributed by atoms with Crippen molar-refractivity contribution in [1.29, 1.82) is 0 Å². The zero-order valence-corrected chi connectivity index (χ0v) is 14.2. The van der Waals surface area contributed by atoms with Crippen LogP contribution in [0.3, 0.4) is 0 Å². The van der Waals surface area contributed by atoms with Crippen molar-refractivity contribution in [1.82, 2.24) is 0 Å². The third-order valence-corrected chi connectivity index (χ3v) is 6.66. The molecular formula is C17H13BrS2. The van der Waals surface area contributed by atoms with E-state index in [4.69, 9.17) is 0 Å². The Balaban J connectivity index is 1.85. The summed E-state index contributed by atoms with van der Waals surface area (Å²) in [7, 11) is 0. The van der Waals surface area contributed by atoms with E-state index in [-0.39, 0.29) is 5.41 Å². The molecule has 0 saturated carbocycles. The van der Waals surface area contributed by atoms with Gasteiger partial charge in [0.05, 0.1) is 0 Å². The van der Waals surface area contributed by atoms with Gasteiger partial charge >= 0.3 is 0 Å². The Bertz CT molecular complexity index is 741. The van der Waals surface area contributed by atoms with E-state index in [1.54, 1.807) is 0 Å². The van der Waals surface area contributed by atoms with Gasteiger partial charge in [-0.2, -0.15) is 0 Å². The van der Waals surface area contributed by atoms with Crippen LogP contribution in [0.1, 0.15) is 23.6 Å². The molecule has 0 bridgehead atoms. The van der Waals surface area contributed by atoms with Gasteiger partial charge in [0.15, 0.2) is 0 Å². The number of thiophene rings is 2. The first-order valence-corrected chi connectivity index (χ1v) is 9.14. The first kappa shape index (κ1) is 12.8. The van der Waals surface area contributed by atoms with E-state index in [9.17, 15) is 0 Å². The second-order valence-corrected chi connectivity index (χ2v) is 8.21. The van der Waals surface area contributed by atoms with Gasteiger partial charge in [0.25, 0.3) is 0 Å². The van der Waals surface area contributed by atoms with Gasteiger partial charge in [0.2, 0.25) is 0 Å². The highest BCUT2D eigenvalue weighted by Crippen LogP contribution is 2.54. The molecule has 1 aliphatic rings. The summed E-state index contributed by atoms with van der Waals surface area (Å²) in [4.78, 5) is 2.96. The third-order valence-electron chi connectivity index (χ3n) is 4.17. The van der Waals surface area contributed by atoms with Crippen molar-refractivity contribution in [2.24, 2.45) is 0 Å². The molecule has 0 spiro atoms. The average molecular weight is 361 g/mol. The van der Waals surface area contributed by atoms with Crippen molar-refractivity contribution in [2.75, 3.05) is 0 Å². The van der Waals surface area contributed by atoms with Gasteiger partial charge < -0.3 is 0 Å². The average Bonchev–Trinajstić information content (AvgIpc) is 3.10. The third kappa shape index (κ3) is 1.77. The molecule has 2 heterocycles. The van der Waals surface area contributed by atoms with E-state index >= 15 is 0 Å². The zero-order chi connectivity index (χ0) is 13.7. The van der Waals surface area contributed by atoms with Gasteiger partial charge in [-0.25, -0.2) is 0 Å². The molecule has 0 aliphatic heterocycles. The van der Waals surface area contributed by atoms with Crippen molar-refractivity contribution in [2.45, 2.75) is 18.8 Å². The van der Waals surface area contributed by atoms with Gasteiger partial charge in [0, 0.05) is 19.6 Å². The van der Waals surface area contributed by atoms with E-state index in [1.165, 1.54) is 26.4 Å². The summed E-state index contributed by atoms with van der Waals surface area (Å²) in [5, 5.41) is 4.46. The standard InChI is InChI=1S/C17H13BrS2/c1-17(10-11-3-2-4-12(18)9-11)13-5-7-19-15(13)16-14(17)6-8-20-16/h2-9H,10H2,1H3. The van der Waals surface area contributed by atoms with Crippen LogP contribution >= 0.6 is 38.6 Å². The number of benzene rings is 1. The lowest BCUT2D eigenvalue weighted by Gasteiger charge is -2.26. The van der Waals surface area contributed by atoms with Crippen LogP contribution in [0, 0.1) is 0 Å². The van der Waals surface area contributed by atoms with Gasteiger partial charge in [-0.3, -0.25) is 0 Å². The summed E-state index contributed by atoms with van der Waals surface area (Å²) in [5.74, 6) is 0. The molecule has 3 heteroatoms. The lowest BCUT2D eigenvalue weighted by molar-refractivity contribution is 0.585. The second-order valence-electron chi connectivity index (χ2n) is 5.47. The highest BCUT2D eigenvalue weighted by atomic mass is 79.9. The molecule has 2 aromatic heterocycles. The van der Waals surface area contributed by atoms with Crippen LogP contribution in [0.2, 0.25) is 0 Å². The molecule has 1 aromatic carbocycles. The molecule has 0 saturated heterocycles. The normalized spacial score (nSPS) is 15.1. The minimum atomic E-state index is 0.117. The second kappa shape index (κ2) is 4.55. The topological polar surface area (TPSA) is 0 Å². The molecule has 20 heavy (non-hydrogen) atoms. The SMILES string of the molecule is CC1(Cc2cccc(Br)c2)c2ccsc2-c2sccc21. The summed E-state index contributed by atoms with van der Waals surface area (Å²) in [5.41, 5.74) is 4.51. The molecule has 0 unspecified atom stereocenters. The van der Waals surface area contributed by atoms with Crippen molar-refractivity contribution < 1.29 is 0 Å². The molecule has 100 valence electrons. The van der Waals surface area contributed by atoms with Gasteiger partial charge in [-0.15, -0.1) is 22.7 Å². The monoisotopic (exact) mass is 360 g/mol. The molecule has 0 nitrogen and oxygen atoms in total. The van der Waals surface area contributed by atoms with Gasteiger partial charge in [-0.1, -0.05) is 35.0 Å². The maximum absolute atomic E-state index is 3.58. The van der Waals surface area contributed by atoms with Crippen LogP contribution in [0.15, 0.2) is 51.6 Å². The van der Waals surface area contributed by atoms with Crippen molar-refractivity contribution in [3.63, 3.8) is 0 Å². The highest BCUT2D eigenvalue weighted by Gasteiger charge is 2.41. The molecule has 3 aromatic rings. The van der Waals surface area contributed by atoms with E-state index in [1.807, 2.05) is 22.7 Å².